The van der Waals surface area contributed by atoms with E-state index in [9.17, 15) is 9.59 Å². The van der Waals surface area contributed by atoms with E-state index in [4.69, 9.17) is 0 Å². The maximum absolute atomic E-state index is 12.1. The number of amides is 2. The molecule has 1 fully saturated rings. The monoisotopic (exact) mass is 356 g/mol. The summed E-state index contributed by atoms with van der Waals surface area (Å²) in [5.41, 5.74) is 1.61. The molecule has 2 atom stereocenters. The second-order valence-corrected chi connectivity index (χ2v) is 6.46. The molecule has 1 aliphatic heterocycles. The molecule has 0 aliphatic carbocycles. The molecule has 1 aliphatic rings. The van der Waals surface area contributed by atoms with E-state index in [-0.39, 0.29) is 23.9 Å². The third-order valence-electron chi connectivity index (χ3n) is 4.65. The molecule has 0 aromatic carbocycles. The molecule has 0 saturated carbocycles. The topological polar surface area (TPSA) is 103 Å². The van der Waals surface area contributed by atoms with E-state index in [0.29, 0.717) is 35.6 Å². The lowest BCUT2D eigenvalue weighted by Crippen LogP contribution is -2.47. The molecule has 26 heavy (non-hydrogen) atoms. The van der Waals surface area contributed by atoms with Crippen LogP contribution in [0, 0.1) is 0 Å². The van der Waals surface area contributed by atoms with Crippen molar-refractivity contribution in [3.05, 3.63) is 30.6 Å². The van der Waals surface area contributed by atoms with Crippen molar-refractivity contribution in [2.24, 2.45) is 0 Å². The Bertz CT molecular complexity index is 830. The quantitative estimate of drug-likeness (QED) is 0.708. The highest BCUT2D eigenvalue weighted by Gasteiger charge is 2.27. The molecule has 8 nitrogen and oxygen atoms in total. The van der Waals surface area contributed by atoms with Crippen LogP contribution < -0.4 is 10.6 Å². The van der Waals surface area contributed by atoms with Crippen molar-refractivity contribution < 1.29 is 9.59 Å². The van der Waals surface area contributed by atoms with Gasteiger partial charge in [-0.15, -0.1) is 0 Å². The van der Waals surface area contributed by atoms with Crippen LogP contribution in [0.4, 0.5) is 5.82 Å². The third-order valence-corrected chi connectivity index (χ3v) is 4.65. The van der Waals surface area contributed by atoms with Gasteiger partial charge in [0, 0.05) is 31.4 Å². The first-order valence-electron chi connectivity index (χ1n) is 8.85. The standard InChI is InChI=1S/C18H24N6O2/c1-4-15(25)24-7-6-12(8-11(24)3)22-14-10-21-17-16(23-14)13(9-20-17)18(26)19-5-2/h4,9-12H,1,5-8H2,2-3H3,(H,19,26)(H,20,21)(H,22,23)/t11-,12+/m0/s1. The van der Waals surface area contributed by atoms with Gasteiger partial charge >= 0.3 is 0 Å². The highest BCUT2D eigenvalue weighted by atomic mass is 16.2. The largest absolute Gasteiger partial charge is 0.366 e. The maximum atomic E-state index is 12.1. The molecule has 0 unspecified atom stereocenters. The van der Waals surface area contributed by atoms with E-state index in [1.54, 1.807) is 12.4 Å². The van der Waals surface area contributed by atoms with E-state index < -0.39 is 0 Å². The minimum absolute atomic E-state index is 0.0314. The number of anilines is 1. The van der Waals surface area contributed by atoms with Crippen molar-refractivity contribution in [1.82, 2.24) is 25.2 Å². The molecule has 0 radical (unpaired) electrons. The van der Waals surface area contributed by atoms with Crippen LogP contribution in [-0.2, 0) is 4.79 Å². The van der Waals surface area contributed by atoms with Crippen LogP contribution in [0.15, 0.2) is 25.0 Å². The number of rotatable bonds is 5. The Labute approximate surface area is 152 Å². The van der Waals surface area contributed by atoms with Gasteiger partial charge in [0.25, 0.3) is 5.91 Å². The van der Waals surface area contributed by atoms with Crippen LogP contribution in [0.3, 0.4) is 0 Å². The fourth-order valence-electron chi connectivity index (χ4n) is 3.35. The SMILES string of the molecule is C=CC(=O)N1CC[C@@H](Nc2cnc3[nH]cc(C(=O)NCC)c3n2)C[C@@H]1C. The summed E-state index contributed by atoms with van der Waals surface area (Å²) in [7, 11) is 0. The van der Waals surface area contributed by atoms with Gasteiger partial charge in [0.1, 0.15) is 11.3 Å². The molecule has 2 amide bonds. The summed E-state index contributed by atoms with van der Waals surface area (Å²) in [6.45, 7) is 8.68. The Balaban J connectivity index is 1.73. The van der Waals surface area contributed by atoms with Gasteiger partial charge < -0.3 is 20.5 Å². The van der Waals surface area contributed by atoms with Crippen molar-refractivity contribution >= 4 is 28.8 Å². The zero-order chi connectivity index (χ0) is 18.7. The second kappa shape index (κ2) is 7.55. The Hall–Kier alpha value is -2.90. The van der Waals surface area contributed by atoms with Crippen LogP contribution in [0.25, 0.3) is 11.2 Å². The van der Waals surface area contributed by atoms with Gasteiger partial charge in [-0.3, -0.25) is 9.59 Å². The number of carbonyl (C=O) groups excluding carboxylic acids is 2. The molecule has 138 valence electrons. The molecule has 0 bridgehead atoms. The lowest BCUT2D eigenvalue weighted by Gasteiger charge is -2.37. The summed E-state index contributed by atoms with van der Waals surface area (Å²) in [6, 6.07) is 0.319. The molecular weight excluding hydrogens is 332 g/mol. The number of H-pyrrole nitrogens is 1. The first-order chi connectivity index (χ1) is 12.5. The number of fused-ring (bicyclic) bond motifs is 1. The van der Waals surface area contributed by atoms with Crippen molar-refractivity contribution in [3.63, 3.8) is 0 Å². The summed E-state index contributed by atoms with van der Waals surface area (Å²) in [5.74, 6) is 0.425. The highest BCUT2D eigenvalue weighted by Crippen LogP contribution is 2.22. The smallest absolute Gasteiger partial charge is 0.255 e. The fraction of sp³-hybridized carbons (Fsp3) is 0.444. The molecule has 1 saturated heterocycles. The Morgan fingerprint density at radius 2 is 2.31 bits per heavy atom. The van der Waals surface area contributed by atoms with E-state index in [0.717, 1.165) is 12.8 Å². The molecule has 3 heterocycles. The Morgan fingerprint density at radius 3 is 3.00 bits per heavy atom. The highest BCUT2D eigenvalue weighted by molar-refractivity contribution is 6.04. The molecule has 8 heteroatoms. The zero-order valence-corrected chi connectivity index (χ0v) is 15.1. The summed E-state index contributed by atoms with van der Waals surface area (Å²) < 4.78 is 0. The predicted octanol–water partition coefficient (Wildman–Crippen LogP) is 1.69. The lowest BCUT2D eigenvalue weighted by molar-refractivity contribution is -0.129. The predicted molar refractivity (Wildman–Crippen MR) is 99.9 cm³/mol. The number of nitrogens with zero attached hydrogens (tertiary/aromatic N) is 3. The maximum Gasteiger partial charge on any atom is 0.255 e. The van der Waals surface area contributed by atoms with Crippen LogP contribution in [0.2, 0.25) is 0 Å². The number of aromatic nitrogens is 3. The first kappa shape index (κ1) is 17.9. The van der Waals surface area contributed by atoms with Crippen molar-refractivity contribution in [3.8, 4) is 0 Å². The van der Waals surface area contributed by atoms with Gasteiger partial charge in [-0.1, -0.05) is 6.58 Å². The van der Waals surface area contributed by atoms with E-state index in [2.05, 4.69) is 32.2 Å². The van der Waals surface area contributed by atoms with Crippen LogP contribution >= 0.6 is 0 Å². The number of nitrogens with one attached hydrogen (secondary N) is 3. The summed E-state index contributed by atoms with van der Waals surface area (Å²) in [4.78, 5) is 37.7. The van der Waals surface area contributed by atoms with Crippen LogP contribution in [0.5, 0.6) is 0 Å². The average Bonchev–Trinajstić information content (AvgIpc) is 3.05. The molecule has 0 spiro atoms. The van der Waals surface area contributed by atoms with Gasteiger partial charge in [-0.05, 0) is 32.8 Å². The molecule has 3 N–H and O–H groups in total. The van der Waals surface area contributed by atoms with Crippen LogP contribution in [-0.4, -0.2) is 56.8 Å². The zero-order valence-electron chi connectivity index (χ0n) is 15.1. The number of hydrogen-bond donors (Lipinski definition) is 3. The summed E-state index contributed by atoms with van der Waals surface area (Å²) in [5, 5.41) is 6.16. The van der Waals surface area contributed by atoms with Gasteiger partial charge in [0.2, 0.25) is 5.91 Å². The third kappa shape index (κ3) is 3.54. The molecule has 3 rings (SSSR count). The van der Waals surface area contributed by atoms with Gasteiger partial charge in [-0.25, -0.2) is 9.97 Å². The Morgan fingerprint density at radius 1 is 1.50 bits per heavy atom. The van der Waals surface area contributed by atoms with Crippen molar-refractivity contribution in [1.29, 1.82) is 0 Å². The van der Waals surface area contributed by atoms with Crippen LogP contribution in [0.1, 0.15) is 37.0 Å². The van der Waals surface area contributed by atoms with Gasteiger partial charge in [0.05, 0.1) is 11.8 Å². The van der Waals surface area contributed by atoms with Crippen molar-refractivity contribution in [2.45, 2.75) is 38.8 Å². The number of likely N-dealkylation sites (tertiary alicyclic amines) is 1. The number of hydrogen-bond acceptors (Lipinski definition) is 5. The van der Waals surface area contributed by atoms with Gasteiger partial charge in [0.15, 0.2) is 5.65 Å². The second-order valence-electron chi connectivity index (χ2n) is 6.46. The average molecular weight is 356 g/mol. The Kier molecular flexibility index (Phi) is 5.20. The van der Waals surface area contributed by atoms with E-state index >= 15 is 0 Å². The minimum Gasteiger partial charge on any atom is -0.366 e. The lowest BCUT2D eigenvalue weighted by atomic mass is 9.98. The first-order valence-corrected chi connectivity index (χ1v) is 8.85. The molecule has 2 aromatic heterocycles. The number of aromatic amines is 1. The summed E-state index contributed by atoms with van der Waals surface area (Å²) >= 11 is 0. The van der Waals surface area contributed by atoms with Crippen molar-refractivity contribution in [2.75, 3.05) is 18.4 Å². The van der Waals surface area contributed by atoms with Gasteiger partial charge in [-0.2, -0.15) is 0 Å². The molecule has 2 aromatic rings. The van der Waals surface area contributed by atoms with E-state index in [1.807, 2.05) is 18.7 Å². The van der Waals surface area contributed by atoms with E-state index in [1.165, 1.54) is 6.08 Å². The fourth-order valence-corrected chi connectivity index (χ4v) is 3.35. The molecular formula is C18H24N6O2. The normalized spacial score (nSPS) is 20.0. The number of carbonyl (C=O) groups is 2. The number of piperidine rings is 1. The minimum atomic E-state index is -0.171. The summed E-state index contributed by atoms with van der Waals surface area (Å²) in [6.07, 6.45) is 6.28.